The first-order valence-corrected chi connectivity index (χ1v) is 10.9. The zero-order chi connectivity index (χ0) is 22.9. The van der Waals surface area contributed by atoms with Crippen LogP contribution in [0.2, 0.25) is 0 Å². The Balaban J connectivity index is 1.27. The number of nitrogens with zero attached hydrogens (tertiary/aromatic N) is 3. The number of rotatable bonds is 4. The molecule has 5 rings (SSSR count). The third-order valence-corrected chi connectivity index (χ3v) is 6.10. The number of carbonyl (C=O) groups excluding carboxylic acids is 3. The van der Waals surface area contributed by atoms with Gasteiger partial charge in [-0.25, -0.2) is 9.29 Å². The van der Waals surface area contributed by atoms with Gasteiger partial charge < -0.3 is 4.90 Å². The third kappa shape index (κ3) is 4.03. The lowest BCUT2D eigenvalue weighted by Gasteiger charge is -2.35. The molecule has 0 saturated carbocycles. The Morgan fingerprint density at radius 3 is 2.12 bits per heavy atom. The Kier molecular flexibility index (Phi) is 5.48. The molecular formula is C26H22FN3O3. The van der Waals surface area contributed by atoms with E-state index in [4.69, 9.17) is 0 Å². The summed E-state index contributed by atoms with van der Waals surface area (Å²) in [6, 6.07) is 19.9. The Bertz CT molecular complexity index is 1220. The van der Waals surface area contributed by atoms with E-state index in [0.717, 1.165) is 10.5 Å². The van der Waals surface area contributed by atoms with Crippen molar-refractivity contribution in [1.82, 2.24) is 9.80 Å². The number of hydrogen-bond acceptors (Lipinski definition) is 4. The number of carbonyl (C=O) groups is 3. The molecule has 0 bridgehead atoms. The van der Waals surface area contributed by atoms with Gasteiger partial charge in [-0.2, -0.15) is 0 Å². The standard InChI is InChI=1S/C26H22FN3O3/c27-20-7-3-5-18(15-20)17-28-11-13-29(14-12-28)24(31)19-6-4-8-21(16-19)30-25(32)22-9-1-2-10-23(22)26(30)33/h1-10,15-16H,11-14,17H2. The van der Waals surface area contributed by atoms with Crippen LogP contribution in [0, 0.1) is 5.82 Å². The largest absolute Gasteiger partial charge is 0.336 e. The molecule has 3 aromatic rings. The minimum Gasteiger partial charge on any atom is -0.336 e. The van der Waals surface area contributed by atoms with E-state index in [1.165, 1.54) is 12.1 Å². The summed E-state index contributed by atoms with van der Waals surface area (Å²) in [5, 5.41) is 0. The van der Waals surface area contributed by atoms with E-state index in [9.17, 15) is 18.8 Å². The molecule has 0 aliphatic carbocycles. The van der Waals surface area contributed by atoms with Crippen LogP contribution < -0.4 is 4.90 Å². The molecule has 3 amide bonds. The molecule has 3 aromatic carbocycles. The van der Waals surface area contributed by atoms with Crippen LogP contribution in [0.25, 0.3) is 0 Å². The molecule has 1 saturated heterocycles. The van der Waals surface area contributed by atoms with E-state index >= 15 is 0 Å². The number of amides is 3. The maximum Gasteiger partial charge on any atom is 0.266 e. The number of piperazine rings is 1. The quantitative estimate of drug-likeness (QED) is 0.579. The molecule has 0 unspecified atom stereocenters. The topological polar surface area (TPSA) is 60.9 Å². The summed E-state index contributed by atoms with van der Waals surface area (Å²) in [7, 11) is 0. The second-order valence-electron chi connectivity index (χ2n) is 8.24. The van der Waals surface area contributed by atoms with Crippen LogP contribution in [0.4, 0.5) is 10.1 Å². The molecule has 7 heteroatoms. The second-order valence-corrected chi connectivity index (χ2v) is 8.24. The van der Waals surface area contributed by atoms with Crippen molar-refractivity contribution in [2.24, 2.45) is 0 Å². The molecule has 2 aliphatic heterocycles. The summed E-state index contributed by atoms with van der Waals surface area (Å²) < 4.78 is 13.4. The van der Waals surface area contributed by atoms with Crippen LogP contribution in [0.15, 0.2) is 72.8 Å². The van der Waals surface area contributed by atoms with Gasteiger partial charge in [-0.1, -0.05) is 30.3 Å². The number of benzene rings is 3. The molecule has 166 valence electrons. The van der Waals surface area contributed by atoms with Crippen LogP contribution in [-0.2, 0) is 6.54 Å². The molecule has 2 aliphatic rings. The first-order valence-electron chi connectivity index (χ1n) is 10.9. The minimum absolute atomic E-state index is 0.140. The van der Waals surface area contributed by atoms with Crippen molar-refractivity contribution >= 4 is 23.4 Å². The van der Waals surface area contributed by atoms with Gasteiger partial charge in [0.1, 0.15) is 5.82 Å². The summed E-state index contributed by atoms with van der Waals surface area (Å²) in [4.78, 5) is 43.8. The minimum atomic E-state index is -0.383. The smallest absolute Gasteiger partial charge is 0.266 e. The van der Waals surface area contributed by atoms with Crippen molar-refractivity contribution in [2.45, 2.75) is 6.54 Å². The highest BCUT2D eigenvalue weighted by Gasteiger charge is 2.36. The molecule has 0 N–H and O–H groups in total. The summed E-state index contributed by atoms with van der Waals surface area (Å²) in [5.41, 5.74) is 2.46. The first-order chi connectivity index (χ1) is 16.0. The number of fused-ring (bicyclic) bond motifs is 1. The fourth-order valence-corrected chi connectivity index (χ4v) is 4.39. The Hall–Kier alpha value is -3.84. The predicted octanol–water partition coefficient (Wildman–Crippen LogP) is 3.58. The maximum atomic E-state index is 13.4. The molecule has 0 spiro atoms. The van der Waals surface area contributed by atoms with Gasteiger partial charge in [0.05, 0.1) is 16.8 Å². The molecular weight excluding hydrogens is 421 g/mol. The maximum absolute atomic E-state index is 13.4. The van der Waals surface area contributed by atoms with Crippen molar-refractivity contribution in [1.29, 1.82) is 0 Å². The molecule has 2 heterocycles. The van der Waals surface area contributed by atoms with Gasteiger partial charge in [0.15, 0.2) is 0 Å². The van der Waals surface area contributed by atoms with Crippen molar-refractivity contribution in [3.63, 3.8) is 0 Å². The van der Waals surface area contributed by atoms with Gasteiger partial charge in [0.25, 0.3) is 17.7 Å². The zero-order valence-electron chi connectivity index (χ0n) is 17.9. The zero-order valence-corrected chi connectivity index (χ0v) is 17.9. The number of hydrogen-bond donors (Lipinski definition) is 0. The Morgan fingerprint density at radius 2 is 1.45 bits per heavy atom. The van der Waals surface area contributed by atoms with Crippen molar-refractivity contribution in [3.8, 4) is 0 Å². The number of anilines is 1. The van der Waals surface area contributed by atoms with Crippen LogP contribution in [0.1, 0.15) is 36.6 Å². The van der Waals surface area contributed by atoms with Crippen LogP contribution in [0.5, 0.6) is 0 Å². The van der Waals surface area contributed by atoms with E-state index in [0.29, 0.717) is 55.1 Å². The molecule has 0 aromatic heterocycles. The van der Waals surface area contributed by atoms with E-state index in [1.54, 1.807) is 59.5 Å². The second kappa shape index (κ2) is 8.60. The van der Waals surface area contributed by atoms with Crippen molar-refractivity contribution < 1.29 is 18.8 Å². The van der Waals surface area contributed by atoms with Gasteiger partial charge in [0, 0.05) is 38.3 Å². The lowest BCUT2D eigenvalue weighted by molar-refractivity contribution is 0.0628. The molecule has 33 heavy (non-hydrogen) atoms. The summed E-state index contributed by atoms with van der Waals surface area (Å²) in [6.07, 6.45) is 0. The first kappa shape index (κ1) is 21.0. The van der Waals surface area contributed by atoms with Gasteiger partial charge >= 0.3 is 0 Å². The van der Waals surface area contributed by atoms with E-state index in [1.807, 2.05) is 6.07 Å². The third-order valence-electron chi connectivity index (χ3n) is 6.10. The molecule has 1 fully saturated rings. The fourth-order valence-electron chi connectivity index (χ4n) is 4.39. The SMILES string of the molecule is O=C(c1cccc(N2C(=O)c3ccccc3C2=O)c1)N1CCN(Cc2cccc(F)c2)CC1. The number of imide groups is 1. The molecule has 0 atom stereocenters. The predicted molar refractivity (Wildman–Crippen MR) is 122 cm³/mol. The highest BCUT2D eigenvalue weighted by Crippen LogP contribution is 2.29. The average molecular weight is 443 g/mol. The van der Waals surface area contributed by atoms with Crippen molar-refractivity contribution in [2.75, 3.05) is 31.1 Å². The van der Waals surface area contributed by atoms with E-state index in [-0.39, 0.29) is 23.5 Å². The van der Waals surface area contributed by atoms with E-state index in [2.05, 4.69) is 4.90 Å². The van der Waals surface area contributed by atoms with Gasteiger partial charge in [0.2, 0.25) is 0 Å². The normalized spacial score (nSPS) is 16.3. The Labute approximate surface area is 190 Å². The fraction of sp³-hybridized carbons (Fsp3) is 0.192. The summed E-state index contributed by atoms with van der Waals surface area (Å²) >= 11 is 0. The van der Waals surface area contributed by atoms with Crippen molar-refractivity contribution in [3.05, 3.63) is 101 Å². The van der Waals surface area contributed by atoms with Gasteiger partial charge in [-0.15, -0.1) is 0 Å². The highest BCUT2D eigenvalue weighted by atomic mass is 19.1. The van der Waals surface area contributed by atoms with E-state index < -0.39 is 0 Å². The highest BCUT2D eigenvalue weighted by molar-refractivity contribution is 6.34. The lowest BCUT2D eigenvalue weighted by atomic mass is 10.1. The van der Waals surface area contributed by atoms with Crippen LogP contribution in [0.3, 0.4) is 0 Å². The van der Waals surface area contributed by atoms with Gasteiger partial charge in [-0.3, -0.25) is 19.3 Å². The number of halogens is 1. The average Bonchev–Trinajstić information content (AvgIpc) is 3.09. The summed E-state index contributed by atoms with van der Waals surface area (Å²) in [5.74, 6) is -1.16. The van der Waals surface area contributed by atoms with Gasteiger partial charge in [-0.05, 0) is 48.0 Å². The van der Waals surface area contributed by atoms with Crippen LogP contribution >= 0.6 is 0 Å². The summed E-state index contributed by atoms with van der Waals surface area (Å²) in [6.45, 7) is 3.09. The molecule has 0 radical (unpaired) electrons. The molecule has 6 nitrogen and oxygen atoms in total. The monoisotopic (exact) mass is 443 g/mol. The van der Waals surface area contributed by atoms with Crippen LogP contribution in [-0.4, -0.2) is 53.7 Å². The Morgan fingerprint density at radius 1 is 0.788 bits per heavy atom. The lowest BCUT2D eigenvalue weighted by Crippen LogP contribution is -2.48.